The molecule has 0 aliphatic carbocycles. The maximum absolute atomic E-state index is 5.52. The van der Waals surface area contributed by atoms with Crippen LogP contribution in [0.3, 0.4) is 0 Å². The van der Waals surface area contributed by atoms with E-state index in [4.69, 9.17) is 14.5 Å². The second-order valence-corrected chi connectivity index (χ2v) is 6.02. The summed E-state index contributed by atoms with van der Waals surface area (Å²) in [6.07, 6.45) is 6.81. The highest BCUT2D eigenvalue weighted by Crippen LogP contribution is 2.30. The average molecular weight is 322 g/mol. The predicted molar refractivity (Wildman–Crippen MR) is 96.9 cm³/mol. The molecule has 0 bridgehead atoms. The highest BCUT2D eigenvalue weighted by molar-refractivity contribution is 6.15. The lowest BCUT2D eigenvalue weighted by Gasteiger charge is -2.21. The summed E-state index contributed by atoms with van der Waals surface area (Å²) >= 11 is 0. The number of aliphatic imine (C=N–C) groups is 1. The van der Waals surface area contributed by atoms with Gasteiger partial charge in [0.25, 0.3) is 0 Å². The van der Waals surface area contributed by atoms with Gasteiger partial charge in [-0.2, -0.15) is 0 Å². The normalized spacial score (nSPS) is 19.0. The van der Waals surface area contributed by atoms with E-state index in [1.165, 1.54) is 5.57 Å². The molecule has 4 nitrogen and oxygen atoms in total. The molecule has 0 fully saturated rings. The second kappa shape index (κ2) is 7.30. The molecule has 2 heterocycles. The van der Waals surface area contributed by atoms with Crippen LogP contribution in [-0.2, 0) is 0 Å². The number of hydrogen-bond acceptors (Lipinski definition) is 4. The first-order valence-corrected chi connectivity index (χ1v) is 8.09. The highest BCUT2D eigenvalue weighted by atomic mass is 16.5. The van der Waals surface area contributed by atoms with E-state index in [-0.39, 0.29) is 0 Å². The van der Waals surface area contributed by atoms with E-state index in [9.17, 15) is 0 Å². The Balaban J connectivity index is 2.03. The van der Waals surface area contributed by atoms with Crippen LogP contribution in [0.5, 0.6) is 11.5 Å². The summed E-state index contributed by atoms with van der Waals surface area (Å²) < 4.78 is 10.8. The van der Waals surface area contributed by atoms with Crippen LogP contribution in [0.2, 0.25) is 0 Å². The van der Waals surface area contributed by atoms with Crippen LogP contribution >= 0.6 is 0 Å². The number of nitrogens with zero attached hydrogens (tertiary/aromatic N) is 2. The number of allylic oxidation sites excluding steroid dienone is 1. The minimum Gasteiger partial charge on any atom is -0.497 e. The largest absolute Gasteiger partial charge is 0.497 e. The maximum atomic E-state index is 5.52. The Morgan fingerprint density at radius 3 is 2.75 bits per heavy atom. The summed E-state index contributed by atoms with van der Waals surface area (Å²) in [6.45, 7) is 3.07. The zero-order valence-corrected chi connectivity index (χ0v) is 14.3. The fourth-order valence-electron chi connectivity index (χ4n) is 2.92. The molecule has 0 spiro atoms. The standard InChI is InChI=1S/C20H22N2O2/c1-14-9-17(20(22-12-14)16-5-4-8-21-13-16)10-15-6-7-18(23-2)11-19(15)24-3/h4-8,10-11,13-14H,9,12H2,1-3H3/b17-10+. The fourth-order valence-corrected chi connectivity index (χ4v) is 2.92. The number of pyridine rings is 1. The second-order valence-electron chi connectivity index (χ2n) is 6.02. The van der Waals surface area contributed by atoms with Crippen LogP contribution in [0.25, 0.3) is 6.08 Å². The van der Waals surface area contributed by atoms with Gasteiger partial charge >= 0.3 is 0 Å². The van der Waals surface area contributed by atoms with Crippen molar-refractivity contribution in [2.75, 3.05) is 20.8 Å². The number of ether oxygens (including phenoxy) is 2. The topological polar surface area (TPSA) is 43.7 Å². The number of methoxy groups -OCH3 is 2. The quantitative estimate of drug-likeness (QED) is 0.854. The van der Waals surface area contributed by atoms with Gasteiger partial charge in [-0.05, 0) is 48.3 Å². The van der Waals surface area contributed by atoms with Gasteiger partial charge in [0.15, 0.2) is 0 Å². The van der Waals surface area contributed by atoms with E-state index >= 15 is 0 Å². The van der Waals surface area contributed by atoms with E-state index in [1.807, 2.05) is 30.5 Å². The molecule has 1 aliphatic heterocycles. The van der Waals surface area contributed by atoms with Crippen molar-refractivity contribution < 1.29 is 9.47 Å². The van der Waals surface area contributed by atoms with Gasteiger partial charge in [-0.15, -0.1) is 0 Å². The Kier molecular flexibility index (Phi) is 4.94. The maximum Gasteiger partial charge on any atom is 0.129 e. The Labute approximate surface area is 142 Å². The van der Waals surface area contributed by atoms with Crippen LogP contribution in [0.4, 0.5) is 0 Å². The lowest BCUT2D eigenvalue weighted by atomic mass is 9.90. The molecule has 0 N–H and O–H groups in total. The summed E-state index contributed by atoms with van der Waals surface area (Å²) in [6, 6.07) is 9.87. The summed E-state index contributed by atoms with van der Waals surface area (Å²) in [5.74, 6) is 2.11. The molecule has 1 unspecified atom stereocenters. The molecule has 0 saturated heterocycles. The molecule has 1 aromatic heterocycles. The monoisotopic (exact) mass is 322 g/mol. The van der Waals surface area contributed by atoms with Crippen molar-refractivity contribution in [2.45, 2.75) is 13.3 Å². The minimum absolute atomic E-state index is 0.529. The Morgan fingerprint density at radius 2 is 2.04 bits per heavy atom. The van der Waals surface area contributed by atoms with Crippen molar-refractivity contribution >= 4 is 11.8 Å². The molecule has 0 amide bonds. The molecule has 4 heteroatoms. The third kappa shape index (κ3) is 3.48. The summed E-state index contributed by atoms with van der Waals surface area (Å²) in [5, 5.41) is 0. The van der Waals surface area contributed by atoms with Crippen LogP contribution in [0, 0.1) is 5.92 Å². The van der Waals surface area contributed by atoms with E-state index in [2.05, 4.69) is 24.1 Å². The molecule has 1 atom stereocenters. The fraction of sp³-hybridized carbons (Fsp3) is 0.300. The van der Waals surface area contributed by atoms with Crippen molar-refractivity contribution in [3.05, 3.63) is 59.4 Å². The predicted octanol–water partition coefficient (Wildman–Crippen LogP) is 4.01. The van der Waals surface area contributed by atoms with Gasteiger partial charge in [0.1, 0.15) is 11.5 Å². The molecule has 124 valence electrons. The Hall–Kier alpha value is -2.62. The zero-order chi connectivity index (χ0) is 16.9. The molecule has 2 aromatic rings. The summed E-state index contributed by atoms with van der Waals surface area (Å²) in [4.78, 5) is 9.02. The van der Waals surface area contributed by atoms with Gasteiger partial charge in [0.05, 0.1) is 19.9 Å². The molecular weight excluding hydrogens is 300 g/mol. The van der Waals surface area contributed by atoms with Crippen molar-refractivity contribution in [3.63, 3.8) is 0 Å². The van der Waals surface area contributed by atoms with E-state index in [0.717, 1.165) is 41.3 Å². The Morgan fingerprint density at radius 1 is 1.17 bits per heavy atom. The van der Waals surface area contributed by atoms with Crippen LogP contribution in [-0.4, -0.2) is 31.5 Å². The van der Waals surface area contributed by atoms with E-state index in [1.54, 1.807) is 20.4 Å². The molecule has 1 aliphatic rings. The number of benzene rings is 1. The summed E-state index contributed by atoms with van der Waals surface area (Å²) in [5.41, 5.74) is 4.33. The molecule has 0 radical (unpaired) electrons. The van der Waals surface area contributed by atoms with Crippen molar-refractivity contribution in [1.82, 2.24) is 4.98 Å². The number of aromatic nitrogens is 1. The first-order chi connectivity index (χ1) is 11.7. The first-order valence-electron chi connectivity index (χ1n) is 8.09. The van der Waals surface area contributed by atoms with Crippen LogP contribution in [0.15, 0.2) is 53.3 Å². The van der Waals surface area contributed by atoms with Gasteiger partial charge < -0.3 is 9.47 Å². The first kappa shape index (κ1) is 16.2. The van der Waals surface area contributed by atoms with Gasteiger partial charge in [0, 0.05) is 36.1 Å². The molecule has 3 rings (SSSR count). The third-order valence-corrected chi connectivity index (χ3v) is 4.14. The third-order valence-electron chi connectivity index (χ3n) is 4.14. The van der Waals surface area contributed by atoms with Crippen LogP contribution in [0.1, 0.15) is 24.5 Å². The average Bonchev–Trinajstić information content (AvgIpc) is 2.63. The van der Waals surface area contributed by atoms with Crippen molar-refractivity contribution in [1.29, 1.82) is 0 Å². The van der Waals surface area contributed by atoms with Crippen LogP contribution < -0.4 is 9.47 Å². The zero-order valence-electron chi connectivity index (χ0n) is 14.3. The smallest absolute Gasteiger partial charge is 0.129 e. The minimum atomic E-state index is 0.529. The van der Waals surface area contributed by atoms with Gasteiger partial charge in [0.2, 0.25) is 0 Å². The molecule has 24 heavy (non-hydrogen) atoms. The number of rotatable bonds is 4. The molecule has 1 aromatic carbocycles. The van der Waals surface area contributed by atoms with Gasteiger partial charge in [-0.25, -0.2) is 0 Å². The lowest BCUT2D eigenvalue weighted by Crippen LogP contribution is -2.17. The van der Waals surface area contributed by atoms with Crippen molar-refractivity contribution in [3.8, 4) is 11.5 Å². The SMILES string of the molecule is COc1ccc(/C=C2\CC(C)CN=C2c2cccnc2)c(OC)c1. The van der Waals surface area contributed by atoms with Gasteiger partial charge in [-0.3, -0.25) is 9.98 Å². The highest BCUT2D eigenvalue weighted by Gasteiger charge is 2.19. The summed E-state index contributed by atoms with van der Waals surface area (Å²) in [7, 11) is 3.33. The Bertz CT molecular complexity index is 766. The van der Waals surface area contributed by atoms with Gasteiger partial charge in [-0.1, -0.05) is 6.92 Å². The van der Waals surface area contributed by atoms with E-state index < -0.39 is 0 Å². The number of hydrogen-bond donors (Lipinski definition) is 0. The van der Waals surface area contributed by atoms with Crippen molar-refractivity contribution in [2.24, 2.45) is 10.9 Å². The lowest BCUT2D eigenvalue weighted by molar-refractivity contribution is 0.393. The molecule has 0 saturated carbocycles. The van der Waals surface area contributed by atoms with E-state index in [0.29, 0.717) is 5.92 Å². The molecular formula is C20H22N2O2.